The van der Waals surface area contributed by atoms with E-state index in [9.17, 15) is 4.79 Å². The van der Waals surface area contributed by atoms with E-state index in [0.29, 0.717) is 19.7 Å². The Morgan fingerprint density at radius 1 is 1.43 bits per heavy atom. The van der Waals surface area contributed by atoms with Crippen LogP contribution in [0.5, 0.6) is 0 Å². The van der Waals surface area contributed by atoms with Crippen LogP contribution in [0.4, 0.5) is 0 Å². The molecular formula is C19H30IN7O2S. The van der Waals surface area contributed by atoms with Gasteiger partial charge < -0.3 is 20.7 Å². The van der Waals surface area contributed by atoms with Crippen molar-refractivity contribution in [3.05, 3.63) is 34.0 Å². The topological polar surface area (TPSA) is 105 Å². The Kier molecular flexibility index (Phi) is 10.5. The molecule has 3 rings (SSSR count). The molecule has 2 aromatic rings. The Morgan fingerprint density at radius 2 is 2.30 bits per heavy atom. The first-order valence-electron chi connectivity index (χ1n) is 9.97. The SMILES string of the molecule is CCNC(=NCCCNC(=O)c1cccs1)NC1CCc2nc(COC)nn2C1.I. The molecule has 0 aromatic carbocycles. The number of rotatable bonds is 9. The maximum atomic E-state index is 11.9. The van der Waals surface area contributed by atoms with Crippen molar-refractivity contribution in [2.24, 2.45) is 4.99 Å². The first-order valence-corrected chi connectivity index (χ1v) is 10.9. The van der Waals surface area contributed by atoms with E-state index in [1.807, 2.05) is 29.1 Å². The van der Waals surface area contributed by atoms with Crippen LogP contribution in [0.25, 0.3) is 0 Å². The zero-order chi connectivity index (χ0) is 20.5. The molecule has 3 N–H and O–H groups in total. The van der Waals surface area contributed by atoms with Crippen molar-refractivity contribution in [2.75, 3.05) is 26.7 Å². The minimum atomic E-state index is -0.0207. The van der Waals surface area contributed by atoms with Crippen LogP contribution in [0.3, 0.4) is 0 Å². The number of aromatic nitrogens is 3. The van der Waals surface area contributed by atoms with Gasteiger partial charge >= 0.3 is 0 Å². The number of nitrogens with one attached hydrogen (secondary N) is 3. The zero-order valence-electron chi connectivity index (χ0n) is 17.4. The van der Waals surface area contributed by atoms with Gasteiger partial charge in [0, 0.05) is 39.2 Å². The summed E-state index contributed by atoms with van der Waals surface area (Å²) >= 11 is 1.45. The summed E-state index contributed by atoms with van der Waals surface area (Å²) in [6.07, 6.45) is 2.64. The fourth-order valence-electron chi connectivity index (χ4n) is 3.15. The third-order valence-corrected chi connectivity index (χ3v) is 5.36. The number of aryl methyl sites for hydroxylation is 1. The molecule has 1 atom stereocenters. The monoisotopic (exact) mass is 547 g/mol. The van der Waals surface area contributed by atoms with Gasteiger partial charge in [-0.2, -0.15) is 5.10 Å². The maximum absolute atomic E-state index is 11.9. The van der Waals surface area contributed by atoms with Crippen molar-refractivity contribution >= 4 is 47.2 Å². The largest absolute Gasteiger partial charge is 0.377 e. The highest BCUT2D eigenvalue weighted by Crippen LogP contribution is 2.13. The molecule has 30 heavy (non-hydrogen) atoms. The second-order valence-electron chi connectivity index (χ2n) is 6.79. The minimum absolute atomic E-state index is 0. The summed E-state index contributed by atoms with van der Waals surface area (Å²) < 4.78 is 7.08. The Labute approximate surface area is 198 Å². The van der Waals surface area contributed by atoms with Gasteiger partial charge in [0.2, 0.25) is 0 Å². The number of carbonyl (C=O) groups is 1. The highest BCUT2D eigenvalue weighted by atomic mass is 127. The van der Waals surface area contributed by atoms with Crippen LogP contribution in [0.15, 0.2) is 22.5 Å². The normalized spacial score (nSPS) is 15.8. The summed E-state index contributed by atoms with van der Waals surface area (Å²) in [6, 6.07) is 3.95. The van der Waals surface area contributed by atoms with Gasteiger partial charge in [-0.1, -0.05) is 6.07 Å². The number of guanidine groups is 1. The first kappa shape index (κ1) is 24.5. The van der Waals surface area contributed by atoms with Crippen LogP contribution in [0.1, 0.15) is 41.1 Å². The van der Waals surface area contributed by atoms with E-state index < -0.39 is 0 Å². The van der Waals surface area contributed by atoms with Gasteiger partial charge in [0.25, 0.3) is 5.91 Å². The van der Waals surface area contributed by atoms with Gasteiger partial charge in [0.1, 0.15) is 12.4 Å². The van der Waals surface area contributed by atoms with Crippen LogP contribution in [-0.4, -0.2) is 59.4 Å². The summed E-state index contributed by atoms with van der Waals surface area (Å²) in [5.41, 5.74) is 0. The van der Waals surface area contributed by atoms with E-state index >= 15 is 0 Å². The number of fused-ring (bicyclic) bond motifs is 1. The van der Waals surface area contributed by atoms with Gasteiger partial charge in [0.05, 0.1) is 11.4 Å². The molecule has 0 aliphatic carbocycles. The molecule has 9 nitrogen and oxygen atoms in total. The second-order valence-corrected chi connectivity index (χ2v) is 7.73. The van der Waals surface area contributed by atoms with E-state index in [4.69, 9.17) is 4.74 Å². The summed E-state index contributed by atoms with van der Waals surface area (Å²) in [6.45, 7) is 5.28. The van der Waals surface area contributed by atoms with Crippen molar-refractivity contribution in [1.29, 1.82) is 0 Å². The molecule has 0 saturated carbocycles. The molecule has 0 radical (unpaired) electrons. The van der Waals surface area contributed by atoms with E-state index in [0.717, 1.165) is 54.8 Å². The number of carbonyl (C=O) groups excluding carboxylic acids is 1. The number of ether oxygens (including phenoxy) is 1. The molecule has 0 spiro atoms. The summed E-state index contributed by atoms with van der Waals surface area (Å²) in [5, 5.41) is 16.1. The van der Waals surface area contributed by atoms with Crippen molar-refractivity contribution in [1.82, 2.24) is 30.7 Å². The zero-order valence-corrected chi connectivity index (χ0v) is 20.5. The third-order valence-electron chi connectivity index (χ3n) is 4.50. The maximum Gasteiger partial charge on any atom is 0.261 e. The quantitative estimate of drug-likeness (QED) is 0.192. The van der Waals surface area contributed by atoms with Crippen molar-refractivity contribution in [3.63, 3.8) is 0 Å². The first-order chi connectivity index (χ1) is 14.2. The van der Waals surface area contributed by atoms with Gasteiger partial charge in [-0.25, -0.2) is 9.67 Å². The lowest BCUT2D eigenvalue weighted by molar-refractivity contribution is 0.0957. The number of methoxy groups -OCH3 is 1. The van der Waals surface area contributed by atoms with Gasteiger partial charge in [-0.15, -0.1) is 35.3 Å². The van der Waals surface area contributed by atoms with Gasteiger partial charge in [0.15, 0.2) is 11.8 Å². The molecule has 2 aromatic heterocycles. The Morgan fingerprint density at radius 3 is 3.03 bits per heavy atom. The Bertz CT molecular complexity index is 810. The number of hydrogen-bond donors (Lipinski definition) is 3. The van der Waals surface area contributed by atoms with Crippen LogP contribution in [0, 0.1) is 0 Å². The standard InChI is InChI=1S/C19H29N7O2S.HI/c1-3-20-19(22-10-5-9-21-18(27)15-6-4-11-29-15)23-14-7-8-17-24-16(13-28-2)25-26(17)12-14;/h4,6,11,14H,3,5,7-10,12-13H2,1-2H3,(H,21,27)(H2,20,22,23);1H. The summed E-state index contributed by atoms with van der Waals surface area (Å²) in [7, 11) is 1.65. The van der Waals surface area contributed by atoms with Crippen LogP contribution in [-0.2, 0) is 24.3 Å². The molecule has 11 heteroatoms. The molecule has 3 heterocycles. The highest BCUT2D eigenvalue weighted by molar-refractivity contribution is 14.0. The third kappa shape index (κ3) is 7.20. The van der Waals surface area contributed by atoms with Crippen LogP contribution >= 0.6 is 35.3 Å². The van der Waals surface area contributed by atoms with Crippen LogP contribution < -0.4 is 16.0 Å². The van der Waals surface area contributed by atoms with E-state index in [2.05, 4.69) is 31.0 Å². The number of aliphatic imine (C=N–C) groups is 1. The Hall–Kier alpha value is -1.73. The minimum Gasteiger partial charge on any atom is -0.377 e. The number of halogens is 1. The van der Waals surface area contributed by atoms with Crippen molar-refractivity contribution in [3.8, 4) is 0 Å². The second kappa shape index (κ2) is 12.8. The van der Waals surface area contributed by atoms with Crippen molar-refractivity contribution in [2.45, 2.75) is 45.4 Å². The van der Waals surface area contributed by atoms with Gasteiger partial charge in [-0.05, 0) is 31.2 Å². The van der Waals surface area contributed by atoms with Crippen molar-refractivity contribution < 1.29 is 9.53 Å². The van der Waals surface area contributed by atoms with E-state index in [1.54, 1.807) is 7.11 Å². The molecule has 0 bridgehead atoms. The number of thiophene rings is 1. The number of hydrogen-bond acceptors (Lipinski definition) is 6. The lowest BCUT2D eigenvalue weighted by atomic mass is 10.1. The lowest BCUT2D eigenvalue weighted by Crippen LogP contribution is -2.47. The molecule has 0 saturated heterocycles. The molecule has 1 aliphatic rings. The number of amides is 1. The molecule has 1 unspecified atom stereocenters. The van der Waals surface area contributed by atoms with E-state index in [1.165, 1.54) is 11.3 Å². The predicted molar refractivity (Wildman–Crippen MR) is 129 cm³/mol. The summed E-state index contributed by atoms with van der Waals surface area (Å²) in [5.74, 6) is 2.52. The van der Waals surface area contributed by atoms with E-state index in [-0.39, 0.29) is 35.9 Å². The lowest BCUT2D eigenvalue weighted by Gasteiger charge is -2.25. The van der Waals surface area contributed by atoms with Crippen LogP contribution in [0.2, 0.25) is 0 Å². The molecular weight excluding hydrogens is 517 g/mol. The predicted octanol–water partition coefficient (Wildman–Crippen LogP) is 1.79. The molecule has 0 fully saturated rings. The average molecular weight is 547 g/mol. The fraction of sp³-hybridized carbons (Fsp3) is 0.579. The molecule has 1 amide bonds. The summed E-state index contributed by atoms with van der Waals surface area (Å²) in [4.78, 5) is 21.8. The number of nitrogens with zero attached hydrogens (tertiary/aromatic N) is 4. The van der Waals surface area contributed by atoms with Gasteiger partial charge in [-0.3, -0.25) is 9.79 Å². The molecule has 166 valence electrons. The average Bonchev–Trinajstić information content (AvgIpc) is 3.37. The molecule has 1 aliphatic heterocycles. The fourth-order valence-corrected chi connectivity index (χ4v) is 3.79. The highest BCUT2D eigenvalue weighted by Gasteiger charge is 2.22. The smallest absolute Gasteiger partial charge is 0.261 e. The Balaban J connectivity index is 0.00000320.